The van der Waals surface area contributed by atoms with Crippen LogP contribution in [-0.2, 0) is 9.59 Å². The lowest BCUT2D eigenvalue weighted by Crippen LogP contribution is -2.37. The van der Waals surface area contributed by atoms with Crippen LogP contribution >= 0.6 is 0 Å². The van der Waals surface area contributed by atoms with Crippen molar-refractivity contribution in [1.29, 1.82) is 0 Å². The van der Waals surface area contributed by atoms with E-state index >= 15 is 0 Å². The van der Waals surface area contributed by atoms with Crippen LogP contribution in [0.1, 0.15) is 24.3 Å². The van der Waals surface area contributed by atoms with Crippen molar-refractivity contribution in [1.82, 2.24) is 5.32 Å². The molecule has 5 heteroatoms. The van der Waals surface area contributed by atoms with Crippen molar-refractivity contribution >= 4 is 11.8 Å². The molecule has 1 N–H and O–H groups in total. The summed E-state index contributed by atoms with van der Waals surface area (Å²) in [7, 11) is 1.38. The topological polar surface area (TPSA) is 55.4 Å². The summed E-state index contributed by atoms with van der Waals surface area (Å²) in [4.78, 5) is 22.4. The van der Waals surface area contributed by atoms with Crippen LogP contribution in [0, 0.1) is 5.82 Å². The number of nitrogens with one attached hydrogen (secondary N) is 1. The zero-order valence-electron chi connectivity index (χ0n) is 9.33. The van der Waals surface area contributed by atoms with Gasteiger partial charge in [-0.1, -0.05) is 6.07 Å². The van der Waals surface area contributed by atoms with E-state index in [2.05, 4.69) is 5.32 Å². The van der Waals surface area contributed by atoms with Crippen LogP contribution in [0.5, 0.6) is 5.75 Å². The van der Waals surface area contributed by atoms with Crippen LogP contribution in [0.2, 0.25) is 0 Å². The van der Waals surface area contributed by atoms with Gasteiger partial charge in [-0.25, -0.2) is 4.39 Å². The van der Waals surface area contributed by atoms with Crippen LogP contribution in [0.4, 0.5) is 4.39 Å². The molecule has 2 rings (SSSR count). The smallest absolute Gasteiger partial charge is 0.227 e. The molecule has 1 heterocycles. The fraction of sp³-hybridized carbons (Fsp3) is 0.333. The Bertz CT molecular complexity index is 457. The summed E-state index contributed by atoms with van der Waals surface area (Å²) < 4.78 is 18.3. The molecule has 1 aromatic carbocycles. The number of ether oxygens (including phenoxy) is 1. The maximum Gasteiger partial charge on any atom is 0.227 e. The number of imide groups is 1. The highest BCUT2D eigenvalue weighted by molar-refractivity contribution is 5.98. The van der Waals surface area contributed by atoms with E-state index in [9.17, 15) is 14.0 Å². The maximum atomic E-state index is 13.5. The van der Waals surface area contributed by atoms with E-state index in [1.165, 1.54) is 19.2 Å². The Hall–Kier alpha value is -1.91. The first kappa shape index (κ1) is 11.6. The molecular weight excluding hydrogens is 225 g/mol. The predicted octanol–water partition coefficient (Wildman–Crippen LogP) is 1.35. The summed E-state index contributed by atoms with van der Waals surface area (Å²) in [6.07, 6.45) is 0.412. The normalized spacial score (nSPS) is 16.8. The molecular formula is C12H12FNO3. The van der Waals surface area contributed by atoms with E-state index in [0.717, 1.165) is 0 Å². The summed E-state index contributed by atoms with van der Waals surface area (Å²) in [5, 5.41) is 2.22. The lowest BCUT2D eigenvalue weighted by molar-refractivity contribution is -0.133. The molecule has 0 aliphatic carbocycles. The highest BCUT2D eigenvalue weighted by Gasteiger charge is 2.26. The summed E-state index contributed by atoms with van der Waals surface area (Å²) >= 11 is 0. The van der Waals surface area contributed by atoms with Gasteiger partial charge in [0.25, 0.3) is 0 Å². The lowest BCUT2D eigenvalue weighted by Gasteiger charge is -2.21. The van der Waals surface area contributed by atoms with Crippen LogP contribution in [-0.4, -0.2) is 18.9 Å². The van der Waals surface area contributed by atoms with Crippen molar-refractivity contribution in [2.45, 2.75) is 18.8 Å². The van der Waals surface area contributed by atoms with Gasteiger partial charge in [0.1, 0.15) is 0 Å². The SMILES string of the molecule is COc1ccc(C2CC(=O)NC(=O)C2)cc1F. The monoisotopic (exact) mass is 237 g/mol. The Balaban J connectivity index is 2.25. The first-order valence-corrected chi connectivity index (χ1v) is 5.26. The second kappa shape index (κ2) is 4.53. The average Bonchev–Trinajstić information content (AvgIpc) is 2.27. The number of carbonyl (C=O) groups excluding carboxylic acids is 2. The standard InChI is InChI=1S/C12H12FNO3/c1-17-10-3-2-7(4-9(10)13)8-5-11(15)14-12(16)6-8/h2-4,8H,5-6H2,1H3,(H,14,15,16). The molecule has 0 spiro atoms. The van der Waals surface area contributed by atoms with Gasteiger partial charge < -0.3 is 4.74 Å². The number of benzene rings is 1. The minimum Gasteiger partial charge on any atom is -0.494 e. The van der Waals surface area contributed by atoms with Gasteiger partial charge >= 0.3 is 0 Å². The third kappa shape index (κ3) is 2.43. The van der Waals surface area contributed by atoms with Gasteiger partial charge in [-0.3, -0.25) is 14.9 Å². The second-order valence-corrected chi connectivity index (χ2v) is 3.97. The highest BCUT2D eigenvalue weighted by Crippen LogP contribution is 2.29. The minimum absolute atomic E-state index is 0.153. The molecule has 0 aromatic heterocycles. The van der Waals surface area contributed by atoms with E-state index in [0.29, 0.717) is 5.56 Å². The van der Waals surface area contributed by atoms with Crippen LogP contribution < -0.4 is 10.1 Å². The Kier molecular flexibility index (Phi) is 3.08. The van der Waals surface area contributed by atoms with Crippen LogP contribution in [0.3, 0.4) is 0 Å². The fourth-order valence-electron chi connectivity index (χ4n) is 1.95. The molecule has 0 radical (unpaired) electrons. The molecule has 1 fully saturated rings. The number of carbonyl (C=O) groups is 2. The predicted molar refractivity (Wildman–Crippen MR) is 58.1 cm³/mol. The van der Waals surface area contributed by atoms with Gasteiger partial charge in [-0.15, -0.1) is 0 Å². The average molecular weight is 237 g/mol. The molecule has 1 saturated heterocycles. The van der Waals surface area contributed by atoms with Gasteiger partial charge in [0.15, 0.2) is 11.6 Å². The zero-order chi connectivity index (χ0) is 12.4. The number of methoxy groups -OCH3 is 1. The van der Waals surface area contributed by atoms with Crippen molar-refractivity contribution < 1.29 is 18.7 Å². The highest BCUT2D eigenvalue weighted by atomic mass is 19.1. The number of hydrogen-bond acceptors (Lipinski definition) is 3. The van der Waals surface area contributed by atoms with Crippen molar-refractivity contribution in [2.24, 2.45) is 0 Å². The third-order valence-electron chi connectivity index (χ3n) is 2.79. The van der Waals surface area contributed by atoms with E-state index in [-0.39, 0.29) is 36.3 Å². The molecule has 1 aliphatic rings. The molecule has 0 bridgehead atoms. The van der Waals surface area contributed by atoms with Gasteiger partial charge in [-0.05, 0) is 17.7 Å². The van der Waals surface area contributed by atoms with E-state index in [1.54, 1.807) is 6.07 Å². The Morgan fingerprint density at radius 3 is 2.47 bits per heavy atom. The number of piperidine rings is 1. The van der Waals surface area contributed by atoms with Gasteiger partial charge in [0.05, 0.1) is 7.11 Å². The number of amides is 2. The summed E-state index contributed by atoms with van der Waals surface area (Å²) in [5.74, 6) is -1.22. The minimum atomic E-state index is -0.483. The van der Waals surface area contributed by atoms with Gasteiger partial charge in [0, 0.05) is 18.8 Å². The molecule has 0 saturated carbocycles. The van der Waals surface area contributed by atoms with E-state index in [1.807, 2.05) is 0 Å². The summed E-state index contributed by atoms with van der Waals surface area (Å²) in [5.41, 5.74) is 0.645. The van der Waals surface area contributed by atoms with Crippen LogP contribution in [0.25, 0.3) is 0 Å². The Labute approximate surface area is 97.8 Å². The first-order chi connectivity index (χ1) is 8.10. The van der Waals surface area contributed by atoms with Gasteiger partial charge in [0.2, 0.25) is 11.8 Å². The molecule has 2 amide bonds. The molecule has 1 aliphatic heterocycles. The molecule has 0 atom stereocenters. The molecule has 4 nitrogen and oxygen atoms in total. The number of halogens is 1. The molecule has 90 valence electrons. The maximum absolute atomic E-state index is 13.5. The zero-order valence-corrected chi connectivity index (χ0v) is 9.33. The van der Waals surface area contributed by atoms with Crippen molar-refractivity contribution in [3.63, 3.8) is 0 Å². The molecule has 17 heavy (non-hydrogen) atoms. The molecule has 0 unspecified atom stereocenters. The van der Waals surface area contributed by atoms with Crippen molar-refractivity contribution in [3.8, 4) is 5.75 Å². The molecule has 1 aromatic rings. The summed E-state index contributed by atoms with van der Waals surface area (Å²) in [6.45, 7) is 0. The summed E-state index contributed by atoms with van der Waals surface area (Å²) in [6, 6.07) is 4.50. The van der Waals surface area contributed by atoms with Gasteiger partial charge in [-0.2, -0.15) is 0 Å². The van der Waals surface area contributed by atoms with E-state index < -0.39 is 5.82 Å². The Morgan fingerprint density at radius 2 is 1.94 bits per heavy atom. The largest absolute Gasteiger partial charge is 0.494 e. The first-order valence-electron chi connectivity index (χ1n) is 5.26. The fourth-order valence-corrected chi connectivity index (χ4v) is 1.95. The lowest BCUT2D eigenvalue weighted by atomic mass is 9.89. The number of rotatable bonds is 2. The van der Waals surface area contributed by atoms with Crippen LogP contribution in [0.15, 0.2) is 18.2 Å². The van der Waals surface area contributed by atoms with Crippen molar-refractivity contribution in [2.75, 3.05) is 7.11 Å². The number of hydrogen-bond donors (Lipinski definition) is 1. The quantitative estimate of drug-likeness (QED) is 0.790. The third-order valence-corrected chi connectivity index (χ3v) is 2.79. The Morgan fingerprint density at radius 1 is 1.29 bits per heavy atom. The van der Waals surface area contributed by atoms with Crippen molar-refractivity contribution in [3.05, 3.63) is 29.6 Å². The second-order valence-electron chi connectivity index (χ2n) is 3.97. The van der Waals surface area contributed by atoms with E-state index in [4.69, 9.17) is 4.74 Å².